The summed E-state index contributed by atoms with van der Waals surface area (Å²) in [4.78, 5) is 0.278. The highest BCUT2D eigenvalue weighted by Crippen LogP contribution is 2.29. The van der Waals surface area contributed by atoms with Crippen LogP contribution in [0.4, 0.5) is 0 Å². The maximum Gasteiger partial charge on any atom is 0.246 e. The third-order valence-corrected chi connectivity index (χ3v) is 5.85. The van der Waals surface area contributed by atoms with E-state index in [1.54, 1.807) is 15.2 Å². The lowest BCUT2D eigenvalue weighted by atomic mass is 10.2. The van der Waals surface area contributed by atoms with Crippen LogP contribution < -0.4 is 0 Å². The Balaban J connectivity index is 2.26. The topological polar surface area (TPSA) is 55.2 Å². The quantitative estimate of drug-likeness (QED) is 0.721. The zero-order valence-electron chi connectivity index (χ0n) is 12.7. The molecule has 120 valence electrons. The highest BCUT2D eigenvalue weighted by molar-refractivity contribution is 7.89. The van der Waals surface area contributed by atoms with Gasteiger partial charge in [0.2, 0.25) is 10.0 Å². The first-order valence-electron chi connectivity index (χ1n) is 7.55. The molecule has 0 bridgehead atoms. The lowest BCUT2D eigenvalue weighted by molar-refractivity contribution is 0.292. The fraction of sp³-hybridized carbons (Fsp3) is 0.786. The average molecular weight is 334 g/mol. The van der Waals surface area contributed by atoms with Crippen LogP contribution in [0, 0.1) is 5.92 Å². The van der Waals surface area contributed by atoms with Crippen LogP contribution in [0.15, 0.2) is 17.3 Å². The van der Waals surface area contributed by atoms with Crippen molar-refractivity contribution < 1.29 is 8.42 Å². The molecule has 2 rings (SSSR count). The van der Waals surface area contributed by atoms with Crippen LogP contribution in [0.2, 0.25) is 0 Å². The second-order valence-corrected chi connectivity index (χ2v) is 8.30. The Hall–Kier alpha value is -0.590. The number of hydrogen-bond acceptors (Lipinski definition) is 3. The van der Waals surface area contributed by atoms with Crippen molar-refractivity contribution in [3.63, 3.8) is 0 Å². The van der Waals surface area contributed by atoms with Gasteiger partial charge in [-0.15, -0.1) is 11.6 Å². The van der Waals surface area contributed by atoms with E-state index < -0.39 is 10.0 Å². The number of alkyl halides is 1. The van der Waals surface area contributed by atoms with Crippen molar-refractivity contribution in [1.29, 1.82) is 0 Å². The van der Waals surface area contributed by atoms with Crippen molar-refractivity contribution in [3.8, 4) is 0 Å². The van der Waals surface area contributed by atoms with Crippen molar-refractivity contribution >= 4 is 21.6 Å². The largest absolute Gasteiger partial charge is 0.270 e. The third-order valence-electron chi connectivity index (χ3n) is 3.81. The van der Waals surface area contributed by atoms with Crippen LogP contribution in [-0.2, 0) is 16.6 Å². The first kappa shape index (κ1) is 16.8. The summed E-state index contributed by atoms with van der Waals surface area (Å²) in [6, 6.07) is 0.133. The summed E-state index contributed by atoms with van der Waals surface area (Å²) in [5, 5.41) is 4.09. The standard InChI is InChI=1S/C14H24ClN3O2S/c1-12(2)10-18(13-5-3-4-6-13)21(19,20)14-9-16-17(11-14)8-7-15/h9,11-13H,3-8,10H2,1-2H3. The van der Waals surface area contributed by atoms with Gasteiger partial charge in [0.15, 0.2) is 0 Å². The average Bonchev–Trinajstić information content (AvgIpc) is 3.07. The summed E-state index contributed by atoms with van der Waals surface area (Å²) in [5.41, 5.74) is 0. The van der Waals surface area contributed by atoms with Crippen molar-refractivity contribution in [2.75, 3.05) is 12.4 Å². The molecule has 5 nitrogen and oxygen atoms in total. The van der Waals surface area contributed by atoms with Gasteiger partial charge >= 0.3 is 0 Å². The van der Waals surface area contributed by atoms with Gasteiger partial charge in [0, 0.05) is 24.7 Å². The van der Waals surface area contributed by atoms with Gasteiger partial charge in [0.25, 0.3) is 0 Å². The van der Waals surface area contributed by atoms with Crippen LogP contribution in [0.1, 0.15) is 39.5 Å². The highest BCUT2D eigenvalue weighted by Gasteiger charge is 2.34. The molecular formula is C14H24ClN3O2S. The monoisotopic (exact) mass is 333 g/mol. The predicted molar refractivity (Wildman–Crippen MR) is 83.9 cm³/mol. The lowest BCUT2D eigenvalue weighted by Crippen LogP contribution is -2.41. The van der Waals surface area contributed by atoms with Crippen LogP contribution in [0.3, 0.4) is 0 Å². The van der Waals surface area contributed by atoms with E-state index in [1.165, 1.54) is 6.20 Å². The Morgan fingerprint density at radius 3 is 2.67 bits per heavy atom. The molecular weight excluding hydrogens is 310 g/mol. The first-order chi connectivity index (χ1) is 9.95. The van der Waals surface area contributed by atoms with Crippen molar-refractivity contribution in [2.24, 2.45) is 5.92 Å². The number of aryl methyl sites for hydroxylation is 1. The van der Waals surface area contributed by atoms with Crippen molar-refractivity contribution in [3.05, 3.63) is 12.4 Å². The molecule has 1 aliphatic carbocycles. The van der Waals surface area contributed by atoms with Gasteiger partial charge in [-0.2, -0.15) is 9.40 Å². The lowest BCUT2D eigenvalue weighted by Gasteiger charge is -2.29. The molecule has 7 heteroatoms. The molecule has 0 aromatic carbocycles. The summed E-state index contributed by atoms with van der Waals surface area (Å²) >= 11 is 5.67. The second kappa shape index (κ2) is 7.11. The maximum atomic E-state index is 12.9. The van der Waals surface area contributed by atoms with E-state index in [0.29, 0.717) is 24.9 Å². The Kier molecular flexibility index (Phi) is 5.68. The van der Waals surface area contributed by atoms with E-state index in [2.05, 4.69) is 5.10 Å². The van der Waals surface area contributed by atoms with E-state index in [1.807, 2.05) is 13.8 Å². The Bertz CT molecular complexity index is 550. The zero-order chi connectivity index (χ0) is 15.5. The molecule has 1 fully saturated rings. The SMILES string of the molecule is CC(C)CN(C1CCCC1)S(=O)(=O)c1cnn(CCCl)c1. The molecule has 0 spiro atoms. The zero-order valence-corrected chi connectivity index (χ0v) is 14.3. The smallest absolute Gasteiger partial charge is 0.246 e. The van der Waals surface area contributed by atoms with Crippen LogP contribution in [0.25, 0.3) is 0 Å². The number of sulfonamides is 1. The minimum Gasteiger partial charge on any atom is -0.270 e. The van der Waals surface area contributed by atoms with Crippen molar-refractivity contribution in [1.82, 2.24) is 14.1 Å². The van der Waals surface area contributed by atoms with Crippen LogP contribution in [-0.4, -0.2) is 41.0 Å². The summed E-state index contributed by atoms with van der Waals surface area (Å²) in [5.74, 6) is 0.720. The summed E-state index contributed by atoms with van der Waals surface area (Å²) in [6.45, 7) is 5.18. The minimum absolute atomic E-state index is 0.133. The normalized spacial score (nSPS) is 17.2. The van der Waals surface area contributed by atoms with Gasteiger partial charge in [0.1, 0.15) is 4.90 Å². The molecule has 1 aromatic heterocycles. The second-order valence-electron chi connectivity index (χ2n) is 6.03. The van der Waals surface area contributed by atoms with Gasteiger partial charge in [-0.05, 0) is 18.8 Å². The maximum absolute atomic E-state index is 12.9. The third kappa shape index (κ3) is 3.99. The van der Waals surface area contributed by atoms with Gasteiger partial charge in [-0.1, -0.05) is 26.7 Å². The van der Waals surface area contributed by atoms with E-state index in [0.717, 1.165) is 25.7 Å². The van der Waals surface area contributed by atoms with Gasteiger partial charge < -0.3 is 0 Å². The molecule has 0 N–H and O–H groups in total. The first-order valence-corrected chi connectivity index (χ1v) is 9.53. The summed E-state index contributed by atoms with van der Waals surface area (Å²) in [6.07, 6.45) is 7.16. The number of aromatic nitrogens is 2. The fourth-order valence-electron chi connectivity index (χ4n) is 2.82. The number of hydrogen-bond donors (Lipinski definition) is 0. The van der Waals surface area contributed by atoms with E-state index >= 15 is 0 Å². The molecule has 1 saturated carbocycles. The van der Waals surface area contributed by atoms with E-state index in [4.69, 9.17) is 11.6 Å². The predicted octanol–water partition coefficient (Wildman–Crippen LogP) is 2.71. The van der Waals surface area contributed by atoms with Gasteiger partial charge in [0.05, 0.1) is 12.7 Å². The molecule has 0 saturated heterocycles. The van der Waals surface area contributed by atoms with Gasteiger partial charge in [-0.25, -0.2) is 8.42 Å². The number of rotatable bonds is 7. The fourth-order valence-corrected chi connectivity index (χ4v) is 4.79. The Labute approximate surface area is 132 Å². The minimum atomic E-state index is -3.47. The van der Waals surface area contributed by atoms with Crippen LogP contribution >= 0.6 is 11.6 Å². The molecule has 21 heavy (non-hydrogen) atoms. The molecule has 1 aliphatic rings. The molecule has 1 aromatic rings. The molecule has 1 heterocycles. The molecule has 0 atom stereocenters. The van der Waals surface area contributed by atoms with E-state index in [9.17, 15) is 8.42 Å². The van der Waals surface area contributed by atoms with Gasteiger partial charge in [-0.3, -0.25) is 4.68 Å². The Morgan fingerprint density at radius 2 is 2.10 bits per heavy atom. The molecule has 0 amide bonds. The van der Waals surface area contributed by atoms with Crippen LogP contribution in [0.5, 0.6) is 0 Å². The molecule has 0 unspecified atom stereocenters. The molecule has 0 radical (unpaired) electrons. The number of nitrogens with zero attached hydrogens (tertiary/aromatic N) is 3. The molecule has 0 aliphatic heterocycles. The summed E-state index contributed by atoms with van der Waals surface area (Å²) in [7, 11) is -3.47. The Morgan fingerprint density at radius 1 is 1.43 bits per heavy atom. The van der Waals surface area contributed by atoms with Crippen molar-refractivity contribution in [2.45, 2.75) is 57.0 Å². The summed E-state index contributed by atoms with van der Waals surface area (Å²) < 4.78 is 29.1. The number of halogens is 1. The highest BCUT2D eigenvalue weighted by atomic mass is 35.5. The van der Waals surface area contributed by atoms with E-state index in [-0.39, 0.29) is 10.9 Å².